The van der Waals surface area contributed by atoms with Crippen LogP contribution in [0.1, 0.15) is 0 Å². The molecule has 0 radical (unpaired) electrons. The highest BCUT2D eigenvalue weighted by atomic mass is 16.3. The standard InChI is InChI=1S/C44H26N4O/c1-2-12-29(13-3-1)42-46-43(48-44(47-42)36-18-10-20-38-40(36)35-17-8-9-19-37(35)49-38)34-16-7-6-15-33(34)41-39-28(25-26-45-41)22-23-31-30-14-5-4-11-27(30)21-24-32(31)39/h1-26H. The molecule has 3 aromatic heterocycles. The summed E-state index contributed by atoms with van der Waals surface area (Å²) in [5, 5.41) is 9.04. The fourth-order valence-electron chi connectivity index (χ4n) is 7.15. The molecule has 5 nitrogen and oxygen atoms in total. The van der Waals surface area contributed by atoms with E-state index >= 15 is 0 Å². The lowest BCUT2D eigenvalue weighted by atomic mass is 9.93. The van der Waals surface area contributed by atoms with Crippen LogP contribution in [0, 0.1) is 0 Å². The average molecular weight is 627 g/mol. The van der Waals surface area contributed by atoms with Crippen molar-refractivity contribution in [3.63, 3.8) is 0 Å². The van der Waals surface area contributed by atoms with E-state index in [2.05, 4.69) is 84.9 Å². The van der Waals surface area contributed by atoms with Gasteiger partial charge in [-0.3, -0.25) is 4.98 Å². The molecule has 228 valence electrons. The van der Waals surface area contributed by atoms with Gasteiger partial charge in [0.2, 0.25) is 0 Å². The minimum Gasteiger partial charge on any atom is -0.456 e. The van der Waals surface area contributed by atoms with Crippen molar-refractivity contribution in [3.05, 3.63) is 158 Å². The van der Waals surface area contributed by atoms with E-state index in [1.54, 1.807) is 0 Å². The predicted molar refractivity (Wildman–Crippen MR) is 199 cm³/mol. The zero-order valence-corrected chi connectivity index (χ0v) is 26.2. The van der Waals surface area contributed by atoms with Gasteiger partial charge < -0.3 is 4.42 Å². The summed E-state index contributed by atoms with van der Waals surface area (Å²) in [5.41, 5.74) is 6.15. The van der Waals surface area contributed by atoms with E-state index < -0.39 is 0 Å². The predicted octanol–water partition coefficient (Wildman–Crippen LogP) is 11.3. The number of aromatic nitrogens is 4. The van der Waals surface area contributed by atoms with Gasteiger partial charge in [-0.15, -0.1) is 0 Å². The molecule has 0 unspecified atom stereocenters. The summed E-state index contributed by atoms with van der Waals surface area (Å²) in [6.45, 7) is 0. The van der Waals surface area contributed by atoms with Gasteiger partial charge in [-0.05, 0) is 45.1 Å². The summed E-state index contributed by atoms with van der Waals surface area (Å²) in [6.07, 6.45) is 1.89. The fraction of sp³-hybridized carbons (Fsp3) is 0. The van der Waals surface area contributed by atoms with Crippen molar-refractivity contribution < 1.29 is 4.42 Å². The van der Waals surface area contributed by atoms with E-state index in [1.165, 1.54) is 16.2 Å². The average Bonchev–Trinajstić information content (AvgIpc) is 3.56. The molecule has 7 aromatic carbocycles. The maximum Gasteiger partial charge on any atom is 0.164 e. The number of furan rings is 1. The second-order valence-electron chi connectivity index (χ2n) is 12.2. The van der Waals surface area contributed by atoms with Crippen LogP contribution in [0.25, 0.3) is 99.7 Å². The molecular weight excluding hydrogens is 601 g/mol. The molecular formula is C44H26N4O. The molecule has 0 bridgehead atoms. The number of pyridine rings is 1. The zero-order valence-electron chi connectivity index (χ0n) is 26.2. The van der Waals surface area contributed by atoms with Crippen molar-refractivity contribution in [2.75, 3.05) is 0 Å². The van der Waals surface area contributed by atoms with Crippen LogP contribution in [-0.2, 0) is 0 Å². The van der Waals surface area contributed by atoms with Crippen molar-refractivity contribution in [1.29, 1.82) is 0 Å². The van der Waals surface area contributed by atoms with Gasteiger partial charge >= 0.3 is 0 Å². The molecule has 0 spiro atoms. The van der Waals surface area contributed by atoms with Crippen molar-refractivity contribution in [1.82, 2.24) is 19.9 Å². The second kappa shape index (κ2) is 10.9. The zero-order chi connectivity index (χ0) is 32.3. The molecule has 0 saturated heterocycles. The molecule has 3 heterocycles. The molecule has 5 heteroatoms. The summed E-state index contributed by atoms with van der Waals surface area (Å²) in [4.78, 5) is 20.5. The summed E-state index contributed by atoms with van der Waals surface area (Å²) in [7, 11) is 0. The van der Waals surface area contributed by atoms with Crippen LogP contribution < -0.4 is 0 Å². The minimum absolute atomic E-state index is 0.578. The van der Waals surface area contributed by atoms with Crippen molar-refractivity contribution >= 4 is 54.3 Å². The molecule has 0 atom stereocenters. The first-order valence-corrected chi connectivity index (χ1v) is 16.3. The Kier molecular flexibility index (Phi) is 6.11. The Morgan fingerprint density at radius 2 is 1.02 bits per heavy atom. The topological polar surface area (TPSA) is 64.7 Å². The first-order chi connectivity index (χ1) is 24.3. The highest BCUT2D eigenvalue weighted by Gasteiger charge is 2.20. The molecule has 10 aromatic rings. The van der Waals surface area contributed by atoms with Gasteiger partial charge in [-0.2, -0.15) is 0 Å². The third-order valence-corrected chi connectivity index (χ3v) is 9.39. The Morgan fingerprint density at radius 3 is 1.92 bits per heavy atom. The monoisotopic (exact) mass is 626 g/mol. The van der Waals surface area contributed by atoms with Crippen molar-refractivity contribution in [2.24, 2.45) is 0 Å². The quantitative estimate of drug-likeness (QED) is 0.182. The molecule has 10 rings (SSSR count). The number of rotatable bonds is 4. The number of para-hydroxylation sites is 1. The maximum atomic E-state index is 6.24. The molecule has 0 fully saturated rings. The fourth-order valence-corrected chi connectivity index (χ4v) is 7.15. The second-order valence-corrected chi connectivity index (χ2v) is 12.2. The SMILES string of the molecule is c1ccc(-c2nc(-c3ccccc3-c3nccc4ccc5c6ccccc6ccc5c34)nc(-c3cccc4oc5ccccc5c34)n2)cc1. The Bertz CT molecular complexity index is 2890. The van der Waals surface area contributed by atoms with Crippen LogP contribution in [0.3, 0.4) is 0 Å². The Hall–Kier alpha value is -6.72. The largest absolute Gasteiger partial charge is 0.456 e. The molecule has 0 amide bonds. The number of nitrogens with zero attached hydrogens (tertiary/aromatic N) is 4. The lowest BCUT2D eigenvalue weighted by Gasteiger charge is -2.15. The highest BCUT2D eigenvalue weighted by molar-refractivity contribution is 6.20. The Balaban J connectivity index is 1.25. The van der Waals surface area contributed by atoms with E-state index in [-0.39, 0.29) is 0 Å². The molecule has 0 N–H and O–H groups in total. The number of hydrogen-bond donors (Lipinski definition) is 0. The smallest absolute Gasteiger partial charge is 0.164 e. The highest BCUT2D eigenvalue weighted by Crippen LogP contribution is 2.40. The van der Waals surface area contributed by atoms with E-state index in [9.17, 15) is 0 Å². The van der Waals surface area contributed by atoms with Gasteiger partial charge in [0, 0.05) is 44.6 Å². The summed E-state index contributed by atoms with van der Waals surface area (Å²) >= 11 is 0. The minimum atomic E-state index is 0.578. The van der Waals surface area contributed by atoms with Crippen LogP contribution >= 0.6 is 0 Å². The molecule has 0 saturated carbocycles. The third-order valence-electron chi connectivity index (χ3n) is 9.39. The van der Waals surface area contributed by atoms with Crippen LogP contribution in [0.5, 0.6) is 0 Å². The van der Waals surface area contributed by atoms with E-state index in [4.69, 9.17) is 24.4 Å². The normalized spacial score (nSPS) is 11.7. The van der Waals surface area contributed by atoms with E-state index in [0.717, 1.165) is 66.0 Å². The molecule has 0 aliphatic carbocycles. The summed E-state index contributed by atoms with van der Waals surface area (Å²) in [6, 6.07) is 52.0. The van der Waals surface area contributed by atoms with Gasteiger partial charge in [0.1, 0.15) is 11.2 Å². The van der Waals surface area contributed by atoms with Gasteiger partial charge in [0.15, 0.2) is 17.5 Å². The molecule has 0 aliphatic rings. The van der Waals surface area contributed by atoms with Crippen molar-refractivity contribution in [3.8, 4) is 45.4 Å². The van der Waals surface area contributed by atoms with Gasteiger partial charge in [0.25, 0.3) is 0 Å². The van der Waals surface area contributed by atoms with E-state index in [0.29, 0.717) is 17.5 Å². The first kappa shape index (κ1) is 27.4. The van der Waals surface area contributed by atoms with E-state index in [1.807, 2.05) is 72.9 Å². The summed E-state index contributed by atoms with van der Waals surface area (Å²) in [5.74, 6) is 1.76. The molecule has 0 aliphatic heterocycles. The molecule has 49 heavy (non-hydrogen) atoms. The lowest BCUT2D eigenvalue weighted by molar-refractivity contribution is 0.669. The van der Waals surface area contributed by atoms with Gasteiger partial charge in [0.05, 0.1) is 5.69 Å². The first-order valence-electron chi connectivity index (χ1n) is 16.3. The summed E-state index contributed by atoms with van der Waals surface area (Å²) < 4.78 is 6.24. The lowest BCUT2D eigenvalue weighted by Crippen LogP contribution is -2.01. The van der Waals surface area contributed by atoms with Gasteiger partial charge in [-0.25, -0.2) is 15.0 Å². The van der Waals surface area contributed by atoms with Crippen molar-refractivity contribution in [2.45, 2.75) is 0 Å². The Morgan fingerprint density at radius 1 is 0.367 bits per heavy atom. The van der Waals surface area contributed by atoms with Crippen LogP contribution in [-0.4, -0.2) is 19.9 Å². The maximum absolute atomic E-state index is 6.24. The van der Waals surface area contributed by atoms with Crippen LogP contribution in [0.15, 0.2) is 162 Å². The van der Waals surface area contributed by atoms with Gasteiger partial charge in [-0.1, -0.05) is 133 Å². The number of benzene rings is 7. The van der Waals surface area contributed by atoms with Crippen LogP contribution in [0.4, 0.5) is 0 Å². The van der Waals surface area contributed by atoms with Crippen LogP contribution in [0.2, 0.25) is 0 Å². The Labute approximate surface area is 281 Å². The third kappa shape index (κ3) is 4.40. The number of fused-ring (bicyclic) bond motifs is 8. The number of hydrogen-bond acceptors (Lipinski definition) is 5.